The summed E-state index contributed by atoms with van der Waals surface area (Å²) in [5, 5.41) is 7.64. The fourth-order valence-electron chi connectivity index (χ4n) is 1.69. The third-order valence-corrected chi connectivity index (χ3v) is 3.92. The number of benzene rings is 1. The Morgan fingerprint density at radius 2 is 1.76 bits per heavy atom. The van der Waals surface area contributed by atoms with Gasteiger partial charge in [0.1, 0.15) is 12.0 Å². The van der Waals surface area contributed by atoms with Crippen molar-refractivity contribution in [3.05, 3.63) is 47.5 Å². The van der Waals surface area contributed by atoms with Crippen molar-refractivity contribution in [2.24, 2.45) is 5.14 Å². The maximum absolute atomic E-state index is 12.1. The van der Waals surface area contributed by atoms with Gasteiger partial charge in [-0.05, 0) is 38.1 Å². The van der Waals surface area contributed by atoms with E-state index in [9.17, 15) is 13.2 Å². The predicted molar refractivity (Wildman–Crippen MR) is 77.3 cm³/mol. The number of rotatable bonds is 3. The zero-order valence-corrected chi connectivity index (χ0v) is 12.3. The second kappa shape index (κ2) is 5.58. The van der Waals surface area contributed by atoms with Crippen LogP contribution in [0.25, 0.3) is 0 Å². The Labute approximate surface area is 122 Å². The fourth-order valence-corrected chi connectivity index (χ4v) is 2.20. The molecule has 8 heteroatoms. The van der Waals surface area contributed by atoms with Crippen LogP contribution < -0.4 is 10.5 Å². The quantitative estimate of drug-likeness (QED) is 0.877. The maximum Gasteiger partial charge on any atom is 0.274 e. The minimum absolute atomic E-state index is 0.0189. The molecule has 0 saturated carbocycles. The number of nitrogens with one attached hydrogen (secondary N) is 1. The Morgan fingerprint density at radius 1 is 1.14 bits per heavy atom. The first-order valence-corrected chi connectivity index (χ1v) is 7.56. The van der Waals surface area contributed by atoms with E-state index in [1.54, 1.807) is 13.8 Å². The molecular weight excluding hydrogens is 292 g/mol. The molecule has 2 aromatic rings. The predicted octanol–water partition coefficient (Wildman–Crippen LogP) is 0.993. The second-order valence-electron chi connectivity index (χ2n) is 4.46. The summed E-state index contributed by atoms with van der Waals surface area (Å²) in [4.78, 5) is 20.1. The van der Waals surface area contributed by atoms with Gasteiger partial charge in [0, 0.05) is 16.9 Å². The summed E-state index contributed by atoms with van der Waals surface area (Å²) in [6.07, 6.45) is 1.32. The number of nitrogens with two attached hydrogens (primary N) is 1. The van der Waals surface area contributed by atoms with Crippen LogP contribution in [0.3, 0.4) is 0 Å². The van der Waals surface area contributed by atoms with Crippen molar-refractivity contribution in [3.63, 3.8) is 0 Å². The number of aryl methyl sites for hydroxylation is 1. The lowest BCUT2D eigenvalue weighted by Gasteiger charge is -2.08. The lowest BCUT2D eigenvalue weighted by molar-refractivity contribution is 0.102. The summed E-state index contributed by atoms with van der Waals surface area (Å²) in [6.45, 7) is 3.54. The zero-order chi connectivity index (χ0) is 15.6. The monoisotopic (exact) mass is 306 g/mol. The van der Waals surface area contributed by atoms with Gasteiger partial charge in [-0.2, -0.15) is 0 Å². The number of sulfonamides is 1. The molecule has 1 aromatic heterocycles. The summed E-state index contributed by atoms with van der Waals surface area (Å²) in [7, 11) is -3.75. The van der Waals surface area contributed by atoms with Gasteiger partial charge in [0.25, 0.3) is 5.91 Å². The standard InChI is InChI=1S/C13H14N4O3S/c1-8-9(2)15-7-16-12(8)13(18)17-10-3-5-11(6-4-10)21(14,19)20/h3-7H,1-2H3,(H,17,18)(H2,14,19,20). The van der Waals surface area contributed by atoms with Crippen molar-refractivity contribution in [1.82, 2.24) is 9.97 Å². The van der Waals surface area contributed by atoms with Gasteiger partial charge in [0.15, 0.2) is 0 Å². The van der Waals surface area contributed by atoms with Crippen LogP contribution in [-0.4, -0.2) is 24.3 Å². The van der Waals surface area contributed by atoms with Crippen LogP contribution in [0.5, 0.6) is 0 Å². The van der Waals surface area contributed by atoms with Crippen LogP contribution in [0.1, 0.15) is 21.7 Å². The lowest BCUT2D eigenvalue weighted by Crippen LogP contribution is -2.17. The Kier molecular flexibility index (Phi) is 4.01. The molecule has 0 saturated heterocycles. The zero-order valence-electron chi connectivity index (χ0n) is 11.5. The normalized spacial score (nSPS) is 11.2. The number of anilines is 1. The van der Waals surface area contributed by atoms with Crippen LogP contribution in [-0.2, 0) is 10.0 Å². The highest BCUT2D eigenvalue weighted by Crippen LogP contribution is 2.15. The molecule has 0 atom stereocenters. The van der Waals surface area contributed by atoms with E-state index in [2.05, 4.69) is 15.3 Å². The molecule has 0 fully saturated rings. The minimum Gasteiger partial charge on any atom is -0.321 e. The van der Waals surface area contributed by atoms with Crippen molar-refractivity contribution in [2.75, 3.05) is 5.32 Å². The average molecular weight is 306 g/mol. The first kappa shape index (κ1) is 15.1. The number of nitrogens with zero attached hydrogens (tertiary/aromatic N) is 2. The van der Waals surface area contributed by atoms with E-state index in [-0.39, 0.29) is 16.5 Å². The van der Waals surface area contributed by atoms with E-state index in [0.717, 1.165) is 5.69 Å². The van der Waals surface area contributed by atoms with Crippen LogP contribution in [0.15, 0.2) is 35.5 Å². The fraction of sp³-hybridized carbons (Fsp3) is 0.154. The Bertz CT molecular complexity index is 786. The molecule has 3 N–H and O–H groups in total. The molecule has 7 nitrogen and oxygen atoms in total. The molecular formula is C13H14N4O3S. The molecule has 1 amide bonds. The number of carbonyl (C=O) groups excluding carboxylic acids is 1. The van der Waals surface area contributed by atoms with Crippen LogP contribution in [0.4, 0.5) is 5.69 Å². The summed E-state index contributed by atoms with van der Waals surface area (Å²) in [5.74, 6) is -0.388. The number of amides is 1. The van der Waals surface area contributed by atoms with Crippen molar-refractivity contribution in [2.45, 2.75) is 18.7 Å². The molecule has 0 bridgehead atoms. The number of primary sulfonamides is 1. The third-order valence-electron chi connectivity index (χ3n) is 2.99. The Morgan fingerprint density at radius 3 is 2.33 bits per heavy atom. The van der Waals surface area contributed by atoms with E-state index < -0.39 is 10.0 Å². The van der Waals surface area contributed by atoms with Gasteiger partial charge in [-0.3, -0.25) is 4.79 Å². The molecule has 1 heterocycles. The van der Waals surface area contributed by atoms with E-state index in [0.29, 0.717) is 11.3 Å². The number of aromatic nitrogens is 2. The van der Waals surface area contributed by atoms with Crippen molar-refractivity contribution < 1.29 is 13.2 Å². The average Bonchev–Trinajstić information content (AvgIpc) is 2.41. The van der Waals surface area contributed by atoms with Gasteiger partial charge in [-0.25, -0.2) is 23.5 Å². The smallest absolute Gasteiger partial charge is 0.274 e. The highest BCUT2D eigenvalue weighted by atomic mass is 32.2. The topological polar surface area (TPSA) is 115 Å². The first-order chi connectivity index (χ1) is 9.79. The van der Waals surface area contributed by atoms with Gasteiger partial charge in [-0.1, -0.05) is 0 Å². The molecule has 110 valence electrons. The van der Waals surface area contributed by atoms with Crippen molar-refractivity contribution >= 4 is 21.6 Å². The molecule has 0 aliphatic carbocycles. The molecule has 0 unspecified atom stereocenters. The van der Waals surface area contributed by atoms with Gasteiger partial charge >= 0.3 is 0 Å². The molecule has 0 aliphatic rings. The molecule has 21 heavy (non-hydrogen) atoms. The molecule has 0 spiro atoms. The Hall–Kier alpha value is -2.32. The molecule has 0 aliphatic heterocycles. The van der Waals surface area contributed by atoms with Crippen LogP contribution in [0.2, 0.25) is 0 Å². The van der Waals surface area contributed by atoms with Crippen molar-refractivity contribution in [3.8, 4) is 0 Å². The molecule has 0 radical (unpaired) electrons. The van der Waals surface area contributed by atoms with E-state index in [1.165, 1.54) is 30.6 Å². The van der Waals surface area contributed by atoms with E-state index in [4.69, 9.17) is 5.14 Å². The van der Waals surface area contributed by atoms with E-state index >= 15 is 0 Å². The van der Waals surface area contributed by atoms with Gasteiger partial charge in [0.2, 0.25) is 10.0 Å². The Balaban J connectivity index is 2.22. The van der Waals surface area contributed by atoms with Gasteiger partial charge < -0.3 is 5.32 Å². The second-order valence-corrected chi connectivity index (χ2v) is 6.02. The number of carbonyl (C=O) groups is 1. The summed E-state index contributed by atoms with van der Waals surface area (Å²) in [6, 6.07) is 5.56. The lowest BCUT2D eigenvalue weighted by atomic mass is 10.2. The minimum atomic E-state index is -3.75. The summed E-state index contributed by atoms with van der Waals surface area (Å²) in [5.41, 5.74) is 2.14. The van der Waals surface area contributed by atoms with Crippen molar-refractivity contribution in [1.29, 1.82) is 0 Å². The van der Waals surface area contributed by atoms with Gasteiger partial charge in [-0.15, -0.1) is 0 Å². The highest BCUT2D eigenvalue weighted by Gasteiger charge is 2.13. The third kappa shape index (κ3) is 3.41. The molecule has 1 aromatic carbocycles. The number of hydrogen-bond donors (Lipinski definition) is 2. The van der Waals surface area contributed by atoms with Crippen LogP contribution >= 0.6 is 0 Å². The highest BCUT2D eigenvalue weighted by molar-refractivity contribution is 7.89. The maximum atomic E-state index is 12.1. The number of hydrogen-bond acceptors (Lipinski definition) is 5. The van der Waals surface area contributed by atoms with Crippen LogP contribution in [0, 0.1) is 13.8 Å². The SMILES string of the molecule is Cc1ncnc(C(=O)Nc2ccc(S(N)(=O)=O)cc2)c1C. The van der Waals surface area contributed by atoms with E-state index in [1.807, 2.05) is 0 Å². The largest absolute Gasteiger partial charge is 0.321 e. The summed E-state index contributed by atoms with van der Waals surface area (Å²) < 4.78 is 22.3. The summed E-state index contributed by atoms with van der Waals surface area (Å²) >= 11 is 0. The molecule has 2 rings (SSSR count). The van der Waals surface area contributed by atoms with Gasteiger partial charge in [0.05, 0.1) is 4.90 Å². The first-order valence-electron chi connectivity index (χ1n) is 6.01.